The Balaban J connectivity index is 2.02. The Morgan fingerprint density at radius 2 is 2.10 bits per heavy atom. The minimum absolute atomic E-state index is 0.281. The van der Waals surface area contributed by atoms with Gasteiger partial charge < -0.3 is 10.1 Å². The highest BCUT2D eigenvalue weighted by molar-refractivity contribution is 5.28. The number of rotatable bonds is 5. The number of hydrogen-bond acceptors (Lipinski definition) is 3. The third-order valence-corrected chi connectivity index (χ3v) is 4.34. The summed E-state index contributed by atoms with van der Waals surface area (Å²) in [6.45, 7) is 9.94. The zero-order chi connectivity index (χ0) is 14.6. The van der Waals surface area contributed by atoms with Gasteiger partial charge in [-0.3, -0.25) is 0 Å². The molecular formula is C17H28N2O. The van der Waals surface area contributed by atoms with Gasteiger partial charge in [-0.05, 0) is 50.6 Å². The van der Waals surface area contributed by atoms with Gasteiger partial charge in [-0.15, -0.1) is 0 Å². The van der Waals surface area contributed by atoms with Crippen LogP contribution >= 0.6 is 0 Å². The van der Waals surface area contributed by atoms with E-state index in [0.29, 0.717) is 11.5 Å². The Hall–Kier alpha value is -1.09. The summed E-state index contributed by atoms with van der Waals surface area (Å²) >= 11 is 0. The SMILES string of the molecule is CCNC(C)c1cccnc1OC1CCC(C)(C)CC1. The van der Waals surface area contributed by atoms with Gasteiger partial charge in [0.15, 0.2) is 0 Å². The Bertz CT molecular complexity index is 421. The van der Waals surface area contributed by atoms with Crippen LogP contribution < -0.4 is 10.1 Å². The van der Waals surface area contributed by atoms with Gasteiger partial charge >= 0.3 is 0 Å². The number of pyridine rings is 1. The molecule has 0 spiro atoms. The normalized spacial score (nSPS) is 20.6. The van der Waals surface area contributed by atoms with Crippen LogP contribution in [0.2, 0.25) is 0 Å². The highest BCUT2D eigenvalue weighted by Gasteiger charge is 2.28. The monoisotopic (exact) mass is 276 g/mol. The summed E-state index contributed by atoms with van der Waals surface area (Å²) in [5.41, 5.74) is 1.64. The first-order valence-electron chi connectivity index (χ1n) is 7.87. The number of ether oxygens (including phenoxy) is 1. The third kappa shape index (κ3) is 3.95. The van der Waals surface area contributed by atoms with E-state index in [9.17, 15) is 0 Å². The Morgan fingerprint density at radius 3 is 2.75 bits per heavy atom. The lowest BCUT2D eigenvalue weighted by Gasteiger charge is -2.34. The van der Waals surface area contributed by atoms with Crippen molar-refractivity contribution in [1.82, 2.24) is 10.3 Å². The molecule has 0 aromatic carbocycles. The molecule has 0 amide bonds. The van der Waals surface area contributed by atoms with E-state index in [2.05, 4.69) is 44.1 Å². The molecule has 1 aromatic heterocycles. The van der Waals surface area contributed by atoms with Crippen LogP contribution in [0.1, 0.15) is 65.0 Å². The van der Waals surface area contributed by atoms with Crippen LogP contribution in [0.15, 0.2) is 18.3 Å². The van der Waals surface area contributed by atoms with E-state index in [1.807, 2.05) is 12.3 Å². The van der Waals surface area contributed by atoms with Crippen LogP contribution in [0.4, 0.5) is 0 Å². The van der Waals surface area contributed by atoms with Gasteiger partial charge in [0.1, 0.15) is 6.10 Å². The van der Waals surface area contributed by atoms with Crippen LogP contribution in [-0.4, -0.2) is 17.6 Å². The summed E-state index contributed by atoms with van der Waals surface area (Å²) in [6, 6.07) is 4.38. The number of hydrogen-bond donors (Lipinski definition) is 1. The Kier molecular flexibility index (Phi) is 5.03. The fraction of sp³-hybridized carbons (Fsp3) is 0.706. The minimum Gasteiger partial charge on any atom is -0.474 e. The highest BCUT2D eigenvalue weighted by Crippen LogP contribution is 2.37. The van der Waals surface area contributed by atoms with Gasteiger partial charge in [0.25, 0.3) is 0 Å². The van der Waals surface area contributed by atoms with E-state index in [1.165, 1.54) is 18.4 Å². The van der Waals surface area contributed by atoms with E-state index in [-0.39, 0.29) is 6.04 Å². The minimum atomic E-state index is 0.281. The summed E-state index contributed by atoms with van der Waals surface area (Å²) in [6.07, 6.45) is 6.90. The fourth-order valence-corrected chi connectivity index (χ4v) is 2.90. The maximum absolute atomic E-state index is 6.20. The van der Waals surface area contributed by atoms with Crippen LogP contribution in [0.5, 0.6) is 5.88 Å². The molecule has 1 N–H and O–H groups in total. The van der Waals surface area contributed by atoms with Crippen molar-refractivity contribution in [3.05, 3.63) is 23.9 Å². The lowest BCUT2D eigenvalue weighted by atomic mass is 9.76. The molecule has 1 atom stereocenters. The van der Waals surface area contributed by atoms with Gasteiger partial charge in [0.2, 0.25) is 5.88 Å². The average molecular weight is 276 g/mol. The quantitative estimate of drug-likeness (QED) is 0.879. The number of nitrogens with zero attached hydrogens (tertiary/aromatic N) is 1. The number of aromatic nitrogens is 1. The van der Waals surface area contributed by atoms with Crippen LogP contribution in [0.3, 0.4) is 0 Å². The molecule has 1 aliphatic rings. The first kappa shape index (κ1) is 15.3. The molecule has 20 heavy (non-hydrogen) atoms. The van der Waals surface area contributed by atoms with Crippen molar-refractivity contribution in [2.75, 3.05) is 6.54 Å². The maximum Gasteiger partial charge on any atom is 0.218 e. The first-order valence-corrected chi connectivity index (χ1v) is 7.87. The van der Waals surface area contributed by atoms with E-state index >= 15 is 0 Å². The lowest BCUT2D eigenvalue weighted by molar-refractivity contribution is 0.0935. The molecule has 0 aliphatic heterocycles. The largest absolute Gasteiger partial charge is 0.474 e. The molecule has 1 saturated carbocycles. The summed E-state index contributed by atoms with van der Waals surface area (Å²) in [4.78, 5) is 4.45. The van der Waals surface area contributed by atoms with E-state index in [0.717, 1.165) is 25.3 Å². The summed E-state index contributed by atoms with van der Waals surface area (Å²) in [5.74, 6) is 0.811. The van der Waals surface area contributed by atoms with E-state index in [1.54, 1.807) is 0 Å². The smallest absolute Gasteiger partial charge is 0.218 e. The average Bonchev–Trinajstić information content (AvgIpc) is 2.42. The van der Waals surface area contributed by atoms with Gasteiger partial charge in [-0.1, -0.05) is 26.8 Å². The van der Waals surface area contributed by atoms with Gasteiger partial charge in [-0.2, -0.15) is 0 Å². The second-order valence-electron chi connectivity index (χ2n) is 6.66. The standard InChI is InChI=1S/C17H28N2O/c1-5-18-13(2)15-7-6-12-19-16(15)20-14-8-10-17(3,4)11-9-14/h6-7,12-14,18H,5,8-11H2,1-4H3. The van der Waals surface area contributed by atoms with Gasteiger partial charge in [-0.25, -0.2) is 4.98 Å². The molecule has 0 radical (unpaired) electrons. The maximum atomic E-state index is 6.20. The molecule has 3 heteroatoms. The molecule has 1 heterocycles. The second-order valence-corrected chi connectivity index (χ2v) is 6.66. The van der Waals surface area contributed by atoms with Crippen molar-refractivity contribution in [2.45, 2.75) is 65.5 Å². The molecule has 1 aromatic rings. The van der Waals surface area contributed by atoms with Crippen molar-refractivity contribution in [3.8, 4) is 5.88 Å². The topological polar surface area (TPSA) is 34.2 Å². The third-order valence-electron chi connectivity index (χ3n) is 4.34. The Morgan fingerprint density at radius 1 is 1.40 bits per heavy atom. The van der Waals surface area contributed by atoms with Crippen LogP contribution in [-0.2, 0) is 0 Å². The molecule has 3 nitrogen and oxygen atoms in total. The van der Waals surface area contributed by atoms with Gasteiger partial charge in [0.05, 0.1) is 0 Å². The summed E-state index contributed by atoms with van der Waals surface area (Å²) in [5, 5.41) is 3.43. The van der Waals surface area contributed by atoms with Crippen molar-refractivity contribution in [2.24, 2.45) is 5.41 Å². The summed E-state index contributed by atoms with van der Waals surface area (Å²) < 4.78 is 6.20. The van der Waals surface area contributed by atoms with Crippen molar-refractivity contribution in [3.63, 3.8) is 0 Å². The molecule has 0 bridgehead atoms. The molecule has 1 unspecified atom stereocenters. The molecule has 2 rings (SSSR count). The first-order chi connectivity index (χ1) is 9.52. The molecule has 0 saturated heterocycles. The van der Waals surface area contributed by atoms with Crippen molar-refractivity contribution < 1.29 is 4.74 Å². The van der Waals surface area contributed by atoms with Crippen molar-refractivity contribution >= 4 is 0 Å². The fourth-order valence-electron chi connectivity index (χ4n) is 2.90. The predicted molar refractivity (Wildman–Crippen MR) is 83.0 cm³/mol. The molecular weight excluding hydrogens is 248 g/mol. The zero-order valence-electron chi connectivity index (χ0n) is 13.3. The van der Waals surface area contributed by atoms with Crippen LogP contribution in [0.25, 0.3) is 0 Å². The Labute approximate surface area is 123 Å². The second kappa shape index (κ2) is 6.57. The zero-order valence-corrected chi connectivity index (χ0v) is 13.3. The predicted octanol–water partition coefficient (Wildman–Crippen LogP) is 4.10. The molecule has 1 fully saturated rings. The number of nitrogens with one attached hydrogen (secondary N) is 1. The molecule has 112 valence electrons. The highest BCUT2D eigenvalue weighted by atomic mass is 16.5. The van der Waals surface area contributed by atoms with Crippen molar-refractivity contribution in [1.29, 1.82) is 0 Å². The lowest BCUT2D eigenvalue weighted by Crippen LogP contribution is -2.29. The van der Waals surface area contributed by atoms with E-state index < -0.39 is 0 Å². The van der Waals surface area contributed by atoms with Gasteiger partial charge in [0, 0.05) is 17.8 Å². The van der Waals surface area contributed by atoms with E-state index in [4.69, 9.17) is 4.74 Å². The summed E-state index contributed by atoms with van der Waals surface area (Å²) in [7, 11) is 0. The van der Waals surface area contributed by atoms with Crippen LogP contribution in [0, 0.1) is 5.41 Å². The molecule has 1 aliphatic carbocycles.